The molecule has 272 valence electrons. The molecule has 0 aliphatic carbocycles. The van der Waals surface area contributed by atoms with Gasteiger partial charge in [-0.1, -0.05) is 65.7 Å². The Labute approximate surface area is 312 Å². The zero-order chi connectivity index (χ0) is 36.6. The molecule has 3 aliphatic rings. The number of carbonyl (C=O) groups excluding carboxylic acids is 3. The molecule has 0 radical (unpaired) electrons. The fourth-order valence-electron chi connectivity index (χ4n) is 6.66. The number of rotatable bonds is 14. The Morgan fingerprint density at radius 1 is 0.885 bits per heavy atom. The number of aromatic nitrogens is 1. The van der Waals surface area contributed by atoms with Crippen molar-refractivity contribution in [3.63, 3.8) is 0 Å². The number of nitrogens with one attached hydrogen (secondary N) is 2. The van der Waals surface area contributed by atoms with Crippen LogP contribution in [0.3, 0.4) is 0 Å². The van der Waals surface area contributed by atoms with Crippen molar-refractivity contribution in [3.8, 4) is 11.5 Å². The van der Waals surface area contributed by atoms with Gasteiger partial charge in [0.25, 0.3) is 5.91 Å². The van der Waals surface area contributed by atoms with Crippen LogP contribution in [-0.2, 0) is 25.5 Å². The van der Waals surface area contributed by atoms with E-state index in [0.717, 1.165) is 38.0 Å². The van der Waals surface area contributed by atoms with Crippen molar-refractivity contribution in [2.75, 3.05) is 45.7 Å². The third-order valence-electron chi connectivity index (χ3n) is 9.46. The first-order chi connectivity index (χ1) is 25.2. The molecule has 1 unspecified atom stereocenters. The van der Waals surface area contributed by atoms with Crippen LogP contribution in [0.2, 0.25) is 10.0 Å². The maximum atomic E-state index is 13.6. The van der Waals surface area contributed by atoms with Crippen molar-refractivity contribution in [1.29, 1.82) is 0 Å². The molecule has 1 amide bonds. The summed E-state index contributed by atoms with van der Waals surface area (Å²) in [7, 11) is 3.03. The van der Waals surface area contributed by atoms with E-state index in [4.69, 9.17) is 42.1 Å². The van der Waals surface area contributed by atoms with Gasteiger partial charge in [-0.25, -0.2) is 4.79 Å². The molecule has 1 aromatic heterocycles. The Balaban J connectivity index is 1.13. The zero-order valence-electron chi connectivity index (χ0n) is 28.9. The van der Waals surface area contributed by atoms with E-state index >= 15 is 0 Å². The number of piperidine rings is 3. The fourth-order valence-corrected chi connectivity index (χ4v) is 7.18. The molecular formula is C39H40Cl2N4O7. The first kappa shape index (κ1) is 36.9. The van der Waals surface area contributed by atoms with Crippen molar-refractivity contribution in [3.05, 3.63) is 117 Å². The van der Waals surface area contributed by atoms with Crippen LogP contribution in [0, 0.1) is 5.92 Å². The third kappa shape index (κ3) is 8.96. The molecule has 0 saturated carbocycles. The van der Waals surface area contributed by atoms with Crippen molar-refractivity contribution in [1.82, 2.24) is 15.2 Å². The van der Waals surface area contributed by atoms with E-state index in [1.807, 2.05) is 30.3 Å². The Bertz CT molecular complexity index is 1870. The van der Waals surface area contributed by atoms with Gasteiger partial charge in [0.15, 0.2) is 17.5 Å². The molecular weight excluding hydrogens is 707 g/mol. The van der Waals surface area contributed by atoms with Crippen LogP contribution in [0.4, 0.5) is 5.69 Å². The number of hydrogen-bond acceptors (Lipinski definition) is 10. The van der Waals surface area contributed by atoms with Gasteiger partial charge in [-0.15, -0.1) is 0 Å². The molecule has 2 bridgehead atoms. The lowest BCUT2D eigenvalue weighted by Crippen LogP contribution is -2.52. The summed E-state index contributed by atoms with van der Waals surface area (Å²) in [5, 5.41) is 6.56. The third-order valence-corrected chi connectivity index (χ3v) is 10.1. The highest BCUT2D eigenvalue weighted by molar-refractivity contribution is 6.35. The standard InChI is InChI=1S/C39H40Cl2N4O7/c1-49-32-12-11-26(18-34(32)50-2)33(19-29-30(40)20-42-21-31(29)41)51-36(46)22-43-38(47)27-9-6-10-28(17-27)44-37(25-7-4-3-5-8-25)39(48)52-35-23-45-15-13-24(35)14-16-45/h3-12,17-18,20-21,24,33,35,37,44H,13-16,19,22-23H2,1-2H3,(H,43,47)/t33-,35-,37?/m0/s1. The molecule has 2 N–H and O–H groups in total. The monoisotopic (exact) mass is 746 g/mol. The van der Waals surface area contributed by atoms with Crippen molar-refractivity contribution in [2.24, 2.45) is 5.92 Å². The molecule has 11 nitrogen and oxygen atoms in total. The van der Waals surface area contributed by atoms with Crippen LogP contribution < -0.4 is 20.1 Å². The lowest BCUT2D eigenvalue weighted by atomic mass is 9.86. The number of ether oxygens (including phenoxy) is 4. The molecule has 3 aliphatic heterocycles. The lowest BCUT2D eigenvalue weighted by molar-refractivity contribution is -0.160. The highest BCUT2D eigenvalue weighted by atomic mass is 35.5. The van der Waals surface area contributed by atoms with Gasteiger partial charge in [0.1, 0.15) is 18.8 Å². The van der Waals surface area contributed by atoms with Gasteiger partial charge in [-0.2, -0.15) is 0 Å². The number of pyridine rings is 1. The van der Waals surface area contributed by atoms with E-state index in [9.17, 15) is 14.4 Å². The second-order valence-corrected chi connectivity index (χ2v) is 13.6. The van der Waals surface area contributed by atoms with Crippen molar-refractivity contribution < 1.29 is 33.3 Å². The Hall–Kier alpha value is -4.84. The van der Waals surface area contributed by atoms with Gasteiger partial charge in [0, 0.05) is 36.6 Å². The van der Waals surface area contributed by atoms with Crippen LogP contribution >= 0.6 is 23.2 Å². The predicted molar refractivity (Wildman–Crippen MR) is 197 cm³/mol. The van der Waals surface area contributed by atoms with Gasteiger partial charge in [-0.05, 0) is 78.9 Å². The van der Waals surface area contributed by atoms with E-state index in [0.29, 0.717) is 44.3 Å². The summed E-state index contributed by atoms with van der Waals surface area (Å²) in [5.41, 5.74) is 2.70. The molecule has 3 aromatic carbocycles. The van der Waals surface area contributed by atoms with Crippen LogP contribution in [-0.4, -0.2) is 74.2 Å². The van der Waals surface area contributed by atoms with Crippen LogP contribution in [0.25, 0.3) is 0 Å². The maximum absolute atomic E-state index is 13.6. The van der Waals surface area contributed by atoms with E-state index in [-0.39, 0.29) is 24.1 Å². The SMILES string of the molecule is COc1ccc([C@H](Cc2c(Cl)cncc2Cl)OC(=O)CNC(=O)c2cccc(NC(C(=O)O[C@H]3CN4CCC3CC4)c3ccccc3)c2)cc1OC. The maximum Gasteiger partial charge on any atom is 0.333 e. The minimum atomic E-state index is -0.843. The highest BCUT2D eigenvalue weighted by Crippen LogP contribution is 2.35. The Kier molecular flexibility index (Phi) is 12.2. The van der Waals surface area contributed by atoms with Crippen LogP contribution in [0.1, 0.15) is 52.0 Å². The number of amides is 1. The number of benzene rings is 3. The highest BCUT2D eigenvalue weighted by Gasteiger charge is 2.38. The molecule has 3 saturated heterocycles. The summed E-state index contributed by atoms with van der Waals surface area (Å²) in [4.78, 5) is 46.5. The normalized spacial score (nSPS) is 18.8. The van der Waals surface area contributed by atoms with Gasteiger partial charge < -0.3 is 29.6 Å². The molecule has 52 heavy (non-hydrogen) atoms. The van der Waals surface area contributed by atoms with Gasteiger partial charge in [-0.3, -0.25) is 19.5 Å². The smallest absolute Gasteiger partial charge is 0.333 e. The minimum absolute atomic E-state index is 0.133. The molecule has 3 fully saturated rings. The number of anilines is 1. The summed E-state index contributed by atoms with van der Waals surface area (Å²) < 4.78 is 22.8. The first-order valence-corrected chi connectivity index (χ1v) is 17.8. The van der Waals surface area contributed by atoms with Crippen LogP contribution in [0.5, 0.6) is 11.5 Å². The van der Waals surface area contributed by atoms with E-state index < -0.39 is 30.6 Å². The summed E-state index contributed by atoms with van der Waals surface area (Å²) in [6, 6.07) is 20.4. The first-order valence-electron chi connectivity index (χ1n) is 17.0. The quantitative estimate of drug-likeness (QED) is 0.139. The summed E-state index contributed by atoms with van der Waals surface area (Å²) in [6.07, 6.45) is 4.11. The molecule has 4 aromatic rings. The number of nitrogens with zero attached hydrogens (tertiary/aromatic N) is 2. The van der Waals surface area contributed by atoms with Crippen molar-refractivity contribution >= 4 is 46.7 Å². The number of fused-ring (bicyclic) bond motifs is 3. The topological polar surface area (TPSA) is 128 Å². The molecule has 7 rings (SSSR count). The largest absolute Gasteiger partial charge is 0.493 e. The minimum Gasteiger partial charge on any atom is -0.493 e. The lowest BCUT2D eigenvalue weighted by Gasteiger charge is -2.44. The summed E-state index contributed by atoms with van der Waals surface area (Å²) in [6.45, 7) is 2.41. The molecule has 13 heteroatoms. The van der Waals surface area contributed by atoms with Crippen molar-refractivity contribution in [2.45, 2.75) is 37.5 Å². The number of hydrogen-bond donors (Lipinski definition) is 2. The van der Waals surface area contributed by atoms with Gasteiger partial charge in [0.2, 0.25) is 0 Å². The second-order valence-electron chi connectivity index (χ2n) is 12.7. The van der Waals surface area contributed by atoms with Gasteiger partial charge in [0.05, 0.1) is 24.3 Å². The zero-order valence-corrected chi connectivity index (χ0v) is 30.4. The molecule has 4 heterocycles. The average molecular weight is 748 g/mol. The molecule has 0 spiro atoms. The second kappa shape index (κ2) is 17.1. The Morgan fingerprint density at radius 3 is 2.29 bits per heavy atom. The summed E-state index contributed by atoms with van der Waals surface area (Å²) in [5.74, 6) is -0.262. The van der Waals surface area contributed by atoms with E-state index in [1.165, 1.54) is 26.6 Å². The Morgan fingerprint density at radius 2 is 1.62 bits per heavy atom. The van der Waals surface area contributed by atoms with Crippen LogP contribution in [0.15, 0.2) is 85.2 Å². The number of esters is 2. The van der Waals surface area contributed by atoms with E-state index in [2.05, 4.69) is 20.5 Å². The van der Waals surface area contributed by atoms with E-state index in [1.54, 1.807) is 42.5 Å². The predicted octanol–water partition coefficient (Wildman–Crippen LogP) is 6.45. The summed E-state index contributed by atoms with van der Waals surface area (Å²) >= 11 is 12.8. The number of methoxy groups -OCH3 is 2. The fraction of sp³-hybridized carbons (Fsp3) is 0.333. The average Bonchev–Trinajstić information content (AvgIpc) is 3.17. The number of carbonyl (C=O) groups is 3. The molecule has 3 atom stereocenters. The van der Waals surface area contributed by atoms with Gasteiger partial charge >= 0.3 is 11.9 Å². The number of halogens is 2.